The standard InChI is InChI=1S/C24H34N4O2/c1-6-19(4)27(24(30)25-23-17(2)9-7-10-18(23)3)16-22(29)28(20-12-13-20)15-21-11-8-14-26(21)5/h7-11,14,19-20H,6,12-13,15-16H2,1-5H3,(H,25,30)/t19-/m1/s1. The average molecular weight is 411 g/mol. The van der Waals surface area contributed by atoms with Gasteiger partial charge in [-0.15, -0.1) is 0 Å². The SMILES string of the molecule is CC[C@@H](C)N(CC(=O)N(Cc1cccn1C)C1CC1)C(=O)Nc1c(C)cccc1C. The van der Waals surface area contributed by atoms with Gasteiger partial charge in [0.25, 0.3) is 0 Å². The fourth-order valence-corrected chi connectivity index (χ4v) is 3.72. The van der Waals surface area contributed by atoms with Crippen molar-refractivity contribution in [3.8, 4) is 0 Å². The zero-order valence-corrected chi connectivity index (χ0v) is 18.8. The van der Waals surface area contributed by atoms with Crippen molar-refractivity contribution >= 4 is 17.6 Å². The van der Waals surface area contributed by atoms with Gasteiger partial charge in [0, 0.05) is 36.7 Å². The van der Waals surface area contributed by atoms with E-state index in [2.05, 4.69) is 5.32 Å². The van der Waals surface area contributed by atoms with Crippen LogP contribution in [-0.4, -0.2) is 44.9 Å². The van der Waals surface area contributed by atoms with Gasteiger partial charge in [0.1, 0.15) is 6.54 Å². The lowest BCUT2D eigenvalue weighted by molar-refractivity contribution is -0.133. The van der Waals surface area contributed by atoms with Crippen molar-refractivity contribution in [2.24, 2.45) is 7.05 Å². The number of aromatic nitrogens is 1. The molecule has 3 rings (SSSR count). The molecular formula is C24H34N4O2. The molecule has 0 bridgehead atoms. The van der Waals surface area contributed by atoms with Crippen LogP contribution in [0.3, 0.4) is 0 Å². The predicted molar refractivity (Wildman–Crippen MR) is 120 cm³/mol. The number of nitrogens with zero attached hydrogens (tertiary/aromatic N) is 3. The number of anilines is 1. The van der Waals surface area contributed by atoms with Crippen LogP contribution in [0.4, 0.5) is 10.5 Å². The molecule has 0 saturated heterocycles. The van der Waals surface area contributed by atoms with Gasteiger partial charge in [0.05, 0.1) is 6.54 Å². The van der Waals surface area contributed by atoms with Crippen LogP contribution in [0, 0.1) is 13.8 Å². The Bertz CT molecular complexity index is 880. The second kappa shape index (κ2) is 9.37. The van der Waals surface area contributed by atoms with E-state index in [4.69, 9.17) is 0 Å². The van der Waals surface area contributed by atoms with E-state index in [1.54, 1.807) is 4.90 Å². The molecule has 2 aromatic rings. The van der Waals surface area contributed by atoms with E-state index in [1.807, 2.05) is 80.7 Å². The van der Waals surface area contributed by atoms with Crippen LogP contribution in [0.25, 0.3) is 0 Å². The van der Waals surface area contributed by atoms with Crippen molar-refractivity contribution < 1.29 is 9.59 Å². The van der Waals surface area contributed by atoms with Crippen molar-refractivity contribution in [3.05, 3.63) is 53.3 Å². The summed E-state index contributed by atoms with van der Waals surface area (Å²) in [6.45, 7) is 8.67. The van der Waals surface area contributed by atoms with Gasteiger partial charge in [-0.1, -0.05) is 25.1 Å². The zero-order chi connectivity index (χ0) is 21.8. The summed E-state index contributed by atoms with van der Waals surface area (Å²) in [6.07, 6.45) is 4.85. The van der Waals surface area contributed by atoms with Gasteiger partial charge in [0.2, 0.25) is 5.91 Å². The maximum atomic E-state index is 13.3. The van der Waals surface area contributed by atoms with E-state index < -0.39 is 0 Å². The summed E-state index contributed by atoms with van der Waals surface area (Å²) < 4.78 is 2.04. The van der Waals surface area contributed by atoms with Gasteiger partial charge in [-0.2, -0.15) is 0 Å². The molecular weight excluding hydrogens is 376 g/mol. The largest absolute Gasteiger partial charge is 0.353 e. The molecule has 30 heavy (non-hydrogen) atoms. The van der Waals surface area contributed by atoms with Gasteiger partial charge in [0.15, 0.2) is 0 Å². The summed E-state index contributed by atoms with van der Waals surface area (Å²) in [5, 5.41) is 3.05. The molecule has 3 amide bonds. The number of rotatable bonds is 8. The van der Waals surface area contributed by atoms with Crippen molar-refractivity contribution in [3.63, 3.8) is 0 Å². The normalized spacial score (nSPS) is 14.3. The van der Waals surface area contributed by atoms with E-state index in [0.717, 1.165) is 41.8 Å². The van der Waals surface area contributed by atoms with Crippen LogP contribution in [0.1, 0.15) is 49.9 Å². The van der Waals surface area contributed by atoms with Gasteiger partial charge in [-0.05, 0) is 63.3 Å². The molecule has 1 heterocycles. The molecule has 1 N–H and O–H groups in total. The first kappa shape index (κ1) is 21.9. The second-order valence-electron chi connectivity index (χ2n) is 8.45. The minimum atomic E-state index is -0.218. The molecule has 0 spiro atoms. The molecule has 6 heteroatoms. The van der Waals surface area contributed by atoms with E-state index >= 15 is 0 Å². The van der Waals surface area contributed by atoms with Crippen molar-refractivity contribution in [1.82, 2.24) is 14.4 Å². The smallest absolute Gasteiger partial charge is 0.322 e. The molecule has 1 aliphatic rings. The Morgan fingerprint density at radius 3 is 2.37 bits per heavy atom. The summed E-state index contributed by atoms with van der Waals surface area (Å²) in [7, 11) is 1.99. The molecule has 0 aliphatic heterocycles. The molecule has 1 fully saturated rings. The maximum Gasteiger partial charge on any atom is 0.322 e. The first-order valence-corrected chi connectivity index (χ1v) is 10.8. The minimum Gasteiger partial charge on any atom is -0.353 e. The lowest BCUT2D eigenvalue weighted by atomic mass is 10.1. The minimum absolute atomic E-state index is 0.00987. The highest BCUT2D eigenvalue weighted by molar-refractivity contribution is 5.94. The highest BCUT2D eigenvalue weighted by Crippen LogP contribution is 2.29. The van der Waals surface area contributed by atoms with Gasteiger partial charge in [-0.3, -0.25) is 4.79 Å². The van der Waals surface area contributed by atoms with Crippen molar-refractivity contribution in [2.45, 2.75) is 65.6 Å². The average Bonchev–Trinajstić information content (AvgIpc) is 3.48. The molecule has 162 valence electrons. The molecule has 1 saturated carbocycles. The Morgan fingerprint density at radius 2 is 1.83 bits per heavy atom. The van der Waals surface area contributed by atoms with Gasteiger partial charge >= 0.3 is 6.03 Å². The molecule has 1 aliphatic carbocycles. The van der Waals surface area contributed by atoms with Crippen LogP contribution in [0.2, 0.25) is 0 Å². The first-order valence-electron chi connectivity index (χ1n) is 10.8. The van der Waals surface area contributed by atoms with E-state index in [0.29, 0.717) is 6.54 Å². The Hall–Kier alpha value is -2.76. The highest BCUT2D eigenvalue weighted by atomic mass is 16.2. The number of hydrogen-bond donors (Lipinski definition) is 1. The van der Waals surface area contributed by atoms with Crippen molar-refractivity contribution in [2.75, 3.05) is 11.9 Å². The third kappa shape index (κ3) is 5.04. The van der Waals surface area contributed by atoms with Crippen LogP contribution in [0.5, 0.6) is 0 Å². The van der Waals surface area contributed by atoms with Gasteiger partial charge in [-0.25, -0.2) is 4.79 Å². The summed E-state index contributed by atoms with van der Waals surface area (Å²) in [4.78, 5) is 30.1. The highest BCUT2D eigenvalue weighted by Gasteiger charge is 2.35. The van der Waals surface area contributed by atoms with E-state index in [1.165, 1.54) is 0 Å². The maximum absolute atomic E-state index is 13.3. The number of hydrogen-bond acceptors (Lipinski definition) is 2. The number of nitrogens with one attached hydrogen (secondary N) is 1. The van der Waals surface area contributed by atoms with Crippen molar-refractivity contribution in [1.29, 1.82) is 0 Å². The number of amides is 3. The Balaban J connectivity index is 1.75. The molecule has 0 radical (unpaired) electrons. The number of carbonyl (C=O) groups excluding carboxylic acids is 2. The number of benzene rings is 1. The number of carbonyl (C=O) groups is 2. The zero-order valence-electron chi connectivity index (χ0n) is 18.8. The monoisotopic (exact) mass is 410 g/mol. The summed E-state index contributed by atoms with van der Waals surface area (Å²) in [5.41, 5.74) is 3.96. The van der Waals surface area contributed by atoms with E-state index in [-0.39, 0.29) is 30.6 Å². The lowest BCUT2D eigenvalue weighted by Crippen LogP contribution is -2.48. The topological polar surface area (TPSA) is 57.6 Å². The third-order valence-corrected chi connectivity index (χ3v) is 6.09. The fourth-order valence-electron chi connectivity index (χ4n) is 3.72. The van der Waals surface area contributed by atoms with Crippen LogP contribution < -0.4 is 5.32 Å². The quantitative estimate of drug-likeness (QED) is 0.698. The summed E-state index contributed by atoms with van der Waals surface area (Å²) in [6, 6.07) is 10.0. The summed E-state index contributed by atoms with van der Waals surface area (Å²) in [5.74, 6) is 0.00987. The van der Waals surface area contributed by atoms with E-state index in [9.17, 15) is 9.59 Å². The fraction of sp³-hybridized carbons (Fsp3) is 0.500. The number of para-hydroxylation sites is 1. The molecule has 1 atom stereocenters. The van der Waals surface area contributed by atoms with Gasteiger partial charge < -0.3 is 19.7 Å². The second-order valence-corrected chi connectivity index (χ2v) is 8.45. The Morgan fingerprint density at radius 1 is 1.17 bits per heavy atom. The third-order valence-electron chi connectivity index (χ3n) is 6.09. The Labute approximate surface area is 179 Å². The molecule has 1 aromatic carbocycles. The summed E-state index contributed by atoms with van der Waals surface area (Å²) >= 11 is 0. The van der Waals surface area contributed by atoms with Crippen LogP contribution in [-0.2, 0) is 18.4 Å². The number of urea groups is 1. The molecule has 0 unspecified atom stereocenters. The first-order chi connectivity index (χ1) is 14.3. The Kier molecular flexibility index (Phi) is 6.85. The van der Waals surface area contributed by atoms with Crippen LogP contribution in [0.15, 0.2) is 36.5 Å². The van der Waals surface area contributed by atoms with Crippen LogP contribution >= 0.6 is 0 Å². The predicted octanol–water partition coefficient (Wildman–Crippen LogP) is 4.47. The number of aryl methyl sites for hydroxylation is 3. The lowest BCUT2D eigenvalue weighted by Gasteiger charge is -2.32. The molecule has 6 nitrogen and oxygen atoms in total. The molecule has 1 aromatic heterocycles.